The van der Waals surface area contributed by atoms with Crippen LogP contribution >= 0.6 is 11.3 Å². The van der Waals surface area contributed by atoms with Crippen molar-refractivity contribution in [3.05, 3.63) is 59.5 Å². The van der Waals surface area contributed by atoms with Gasteiger partial charge in [0.2, 0.25) is 0 Å². The van der Waals surface area contributed by atoms with Gasteiger partial charge >= 0.3 is 0 Å². The molecular weight excluding hydrogens is 308 g/mol. The summed E-state index contributed by atoms with van der Waals surface area (Å²) in [6.45, 7) is 0.687. The molecule has 0 spiro atoms. The van der Waals surface area contributed by atoms with Crippen LogP contribution in [0.25, 0.3) is 10.1 Å². The Morgan fingerprint density at radius 3 is 2.65 bits per heavy atom. The third-order valence-corrected chi connectivity index (χ3v) is 4.69. The van der Waals surface area contributed by atoms with Gasteiger partial charge in [-0.15, -0.1) is 11.3 Å². The number of amides is 1. The van der Waals surface area contributed by atoms with Crippen LogP contribution < -0.4 is 10.2 Å². The number of likely N-dealkylation sites (N-methyl/N-ethyl adjacent to an activating group) is 1. The van der Waals surface area contributed by atoms with Crippen LogP contribution in [0.2, 0.25) is 0 Å². The molecule has 23 heavy (non-hydrogen) atoms. The van der Waals surface area contributed by atoms with Gasteiger partial charge in [0.15, 0.2) is 0 Å². The molecule has 0 atom stereocenters. The monoisotopic (exact) mass is 326 g/mol. The Morgan fingerprint density at radius 2 is 1.91 bits per heavy atom. The van der Waals surface area contributed by atoms with E-state index in [1.807, 2.05) is 65.9 Å². The van der Waals surface area contributed by atoms with Crippen LogP contribution in [0.3, 0.4) is 0 Å². The zero-order valence-corrected chi connectivity index (χ0v) is 13.6. The number of fused-ring (bicyclic) bond motifs is 1. The number of carbonyl (C=O) groups is 1. The summed E-state index contributed by atoms with van der Waals surface area (Å²) in [5, 5.41) is 14.8. The molecule has 0 fully saturated rings. The predicted octanol–water partition coefficient (Wildman–Crippen LogP) is 3.58. The number of carbonyl (C=O) groups excluding carboxylic acids is 1. The van der Waals surface area contributed by atoms with E-state index in [4.69, 9.17) is 5.11 Å². The first-order valence-corrected chi connectivity index (χ1v) is 8.26. The van der Waals surface area contributed by atoms with E-state index in [2.05, 4.69) is 5.32 Å². The molecule has 2 N–H and O–H groups in total. The second kappa shape index (κ2) is 6.81. The van der Waals surface area contributed by atoms with Gasteiger partial charge in [-0.2, -0.15) is 0 Å². The van der Waals surface area contributed by atoms with Gasteiger partial charge in [-0.05, 0) is 30.3 Å². The van der Waals surface area contributed by atoms with Crippen LogP contribution in [0.4, 0.5) is 11.4 Å². The Balaban J connectivity index is 1.75. The normalized spacial score (nSPS) is 10.7. The van der Waals surface area contributed by atoms with Crippen molar-refractivity contribution in [1.82, 2.24) is 0 Å². The number of nitrogens with zero attached hydrogens (tertiary/aromatic N) is 1. The van der Waals surface area contributed by atoms with Crippen LogP contribution in [0, 0.1) is 0 Å². The third kappa shape index (κ3) is 3.36. The average Bonchev–Trinajstić information content (AvgIpc) is 3.00. The molecular formula is C18H18N2O2S. The van der Waals surface area contributed by atoms with Crippen molar-refractivity contribution in [2.75, 3.05) is 30.4 Å². The highest BCUT2D eigenvalue weighted by Crippen LogP contribution is 2.26. The standard InChI is InChI=1S/C18H18N2O2S/c1-20(10-11-21)14-8-6-13(7-9-14)19-18(22)16-12-23-17-5-3-2-4-15(16)17/h2-9,12,21H,10-11H2,1H3,(H,19,22). The first kappa shape index (κ1) is 15.5. The molecule has 4 nitrogen and oxygen atoms in total. The van der Waals surface area contributed by atoms with E-state index in [1.165, 1.54) is 0 Å². The lowest BCUT2D eigenvalue weighted by atomic mass is 10.1. The number of anilines is 2. The number of rotatable bonds is 5. The van der Waals surface area contributed by atoms with Gasteiger partial charge in [-0.3, -0.25) is 4.79 Å². The smallest absolute Gasteiger partial charge is 0.257 e. The number of benzene rings is 2. The Morgan fingerprint density at radius 1 is 1.17 bits per heavy atom. The first-order chi connectivity index (χ1) is 11.2. The van der Waals surface area contributed by atoms with E-state index in [9.17, 15) is 4.79 Å². The third-order valence-electron chi connectivity index (χ3n) is 3.73. The predicted molar refractivity (Wildman–Crippen MR) is 96.6 cm³/mol. The lowest BCUT2D eigenvalue weighted by Crippen LogP contribution is -2.21. The molecule has 0 bridgehead atoms. The van der Waals surface area contributed by atoms with Crippen LogP contribution in [0.15, 0.2) is 53.9 Å². The molecule has 3 aromatic rings. The topological polar surface area (TPSA) is 52.6 Å². The Labute approximate surface area is 139 Å². The molecule has 3 rings (SSSR count). The fourth-order valence-corrected chi connectivity index (χ4v) is 3.37. The molecule has 118 valence electrons. The molecule has 0 radical (unpaired) electrons. The lowest BCUT2D eigenvalue weighted by molar-refractivity contribution is 0.102. The van der Waals surface area contributed by atoms with Crippen molar-refractivity contribution in [2.24, 2.45) is 0 Å². The molecule has 1 heterocycles. The van der Waals surface area contributed by atoms with Crippen molar-refractivity contribution in [3.8, 4) is 0 Å². The van der Waals surface area contributed by atoms with Crippen LogP contribution in [-0.4, -0.2) is 31.2 Å². The zero-order chi connectivity index (χ0) is 16.2. The molecule has 2 aromatic carbocycles. The maximum atomic E-state index is 12.5. The number of aliphatic hydroxyl groups is 1. The first-order valence-electron chi connectivity index (χ1n) is 7.38. The van der Waals surface area contributed by atoms with Gasteiger partial charge in [-0.1, -0.05) is 18.2 Å². The second-order valence-corrected chi connectivity index (χ2v) is 6.20. The summed E-state index contributed by atoms with van der Waals surface area (Å²) in [5.74, 6) is -0.0982. The van der Waals surface area contributed by atoms with Crippen molar-refractivity contribution < 1.29 is 9.90 Å². The molecule has 1 aromatic heterocycles. The van der Waals surface area contributed by atoms with E-state index in [-0.39, 0.29) is 12.5 Å². The molecule has 5 heteroatoms. The summed E-state index contributed by atoms with van der Waals surface area (Å²) in [6.07, 6.45) is 0. The Kier molecular flexibility index (Phi) is 4.60. The number of aliphatic hydroxyl groups excluding tert-OH is 1. The maximum Gasteiger partial charge on any atom is 0.257 e. The average molecular weight is 326 g/mol. The SMILES string of the molecule is CN(CCO)c1ccc(NC(=O)c2csc3ccccc23)cc1. The number of hydrogen-bond acceptors (Lipinski definition) is 4. The summed E-state index contributed by atoms with van der Waals surface area (Å²) >= 11 is 1.57. The largest absolute Gasteiger partial charge is 0.395 e. The zero-order valence-electron chi connectivity index (χ0n) is 12.8. The molecule has 0 saturated carbocycles. The van der Waals surface area contributed by atoms with E-state index in [0.717, 1.165) is 21.5 Å². The molecule has 0 unspecified atom stereocenters. The fourth-order valence-electron chi connectivity index (χ4n) is 2.43. The van der Waals surface area contributed by atoms with E-state index in [0.29, 0.717) is 12.1 Å². The van der Waals surface area contributed by atoms with Crippen molar-refractivity contribution in [3.63, 3.8) is 0 Å². The molecule has 0 saturated heterocycles. The van der Waals surface area contributed by atoms with Crippen LogP contribution in [0.1, 0.15) is 10.4 Å². The van der Waals surface area contributed by atoms with Gasteiger partial charge < -0.3 is 15.3 Å². The minimum Gasteiger partial charge on any atom is -0.395 e. The van der Waals surface area contributed by atoms with Crippen molar-refractivity contribution >= 4 is 38.7 Å². The van der Waals surface area contributed by atoms with Gasteiger partial charge in [0.25, 0.3) is 5.91 Å². The summed E-state index contributed by atoms with van der Waals surface area (Å²) in [7, 11) is 1.92. The van der Waals surface area contributed by atoms with Gasteiger partial charge in [-0.25, -0.2) is 0 Å². The van der Waals surface area contributed by atoms with E-state index >= 15 is 0 Å². The molecule has 0 aliphatic carbocycles. The van der Waals surface area contributed by atoms with Gasteiger partial charge in [0.05, 0.1) is 12.2 Å². The van der Waals surface area contributed by atoms with E-state index < -0.39 is 0 Å². The Bertz CT molecular complexity index is 811. The van der Waals surface area contributed by atoms with Crippen molar-refractivity contribution in [1.29, 1.82) is 0 Å². The van der Waals surface area contributed by atoms with Crippen LogP contribution in [0.5, 0.6) is 0 Å². The molecule has 1 amide bonds. The number of hydrogen-bond donors (Lipinski definition) is 2. The van der Waals surface area contributed by atoms with Gasteiger partial charge in [0.1, 0.15) is 0 Å². The van der Waals surface area contributed by atoms with E-state index in [1.54, 1.807) is 11.3 Å². The summed E-state index contributed by atoms with van der Waals surface area (Å²) in [5.41, 5.74) is 2.46. The van der Waals surface area contributed by atoms with Crippen LogP contribution in [-0.2, 0) is 0 Å². The Hall–Kier alpha value is -2.37. The molecule has 0 aliphatic rings. The van der Waals surface area contributed by atoms with Gasteiger partial charge in [0, 0.05) is 40.4 Å². The number of nitrogens with one attached hydrogen (secondary N) is 1. The second-order valence-electron chi connectivity index (χ2n) is 5.29. The fraction of sp³-hybridized carbons (Fsp3) is 0.167. The molecule has 0 aliphatic heterocycles. The highest BCUT2D eigenvalue weighted by atomic mass is 32.1. The highest BCUT2D eigenvalue weighted by Gasteiger charge is 2.12. The van der Waals surface area contributed by atoms with Crippen molar-refractivity contribution in [2.45, 2.75) is 0 Å². The summed E-state index contributed by atoms with van der Waals surface area (Å²) in [6, 6.07) is 15.5. The summed E-state index contributed by atoms with van der Waals surface area (Å²) in [4.78, 5) is 14.4. The maximum absolute atomic E-state index is 12.5. The highest BCUT2D eigenvalue weighted by molar-refractivity contribution is 7.17. The quantitative estimate of drug-likeness (QED) is 0.753. The summed E-state index contributed by atoms with van der Waals surface area (Å²) < 4.78 is 1.11. The minimum absolute atomic E-state index is 0.0982. The minimum atomic E-state index is -0.0982. The number of thiophene rings is 1. The lowest BCUT2D eigenvalue weighted by Gasteiger charge is -2.18.